The lowest BCUT2D eigenvalue weighted by molar-refractivity contribution is -0.117. The predicted molar refractivity (Wildman–Crippen MR) is 86.6 cm³/mol. The van der Waals surface area contributed by atoms with Crippen LogP contribution in [0.15, 0.2) is 42.5 Å². The highest BCUT2D eigenvalue weighted by atomic mass is 35.5. The molecule has 1 N–H and O–H groups in total. The van der Waals surface area contributed by atoms with Crippen LogP contribution < -0.4 is 5.32 Å². The Bertz CT molecular complexity index is 755. The molecule has 6 nitrogen and oxygen atoms in total. The summed E-state index contributed by atoms with van der Waals surface area (Å²) in [5, 5.41) is 7.78. The number of halogens is 1. The highest BCUT2D eigenvalue weighted by molar-refractivity contribution is 6.30. The van der Waals surface area contributed by atoms with Gasteiger partial charge in [0.1, 0.15) is 19.5 Å². The number of benzene rings is 1. The fourth-order valence-corrected chi connectivity index (χ4v) is 2.50. The number of amides is 1. The molecule has 0 bridgehead atoms. The molecule has 2 aromatic rings. The van der Waals surface area contributed by atoms with E-state index in [9.17, 15) is 4.79 Å². The van der Waals surface area contributed by atoms with E-state index in [0.29, 0.717) is 30.3 Å². The number of ether oxygens (including phenoxy) is 2. The van der Waals surface area contributed by atoms with Gasteiger partial charge in [-0.05, 0) is 24.6 Å². The first-order valence-electron chi connectivity index (χ1n) is 7.28. The fourth-order valence-electron chi connectivity index (χ4n) is 2.32. The third-order valence-corrected chi connectivity index (χ3v) is 3.61. The lowest BCUT2D eigenvalue weighted by atomic mass is 10.2. The molecule has 0 saturated heterocycles. The molecule has 1 aliphatic heterocycles. The molecule has 0 spiro atoms. The molecule has 0 saturated carbocycles. The molecule has 7 heteroatoms. The highest BCUT2D eigenvalue weighted by Gasteiger charge is 2.18. The summed E-state index contributed by atoms with van der Waals surface area (Å²) in [6, 6.07) is 7.38. The summed E-state index contributed by atoms with van der Waals surface area (Å²) in [6.45, 7) is 2.80. The minimum atomic E-state index is -0.356. The molecule has 0 unspecified atom stereocenters. The molecule has 0 atom stereocenters. The van der Waals surface area contributed by atoms with Gasteiger partial charge in [-0.1, -0.05) is 24.6 Å². The van der Waals surface area contributed by atoms with Crippen molar-refractivity contribution in [2.45, 2.75) is 13.3 Å². The van der Waals surface area contributed by atoms with E-state index in [1.165, 1.54) is 6.26 Å². The Labute approximate surface area is 138 Å². The summed E-state index contributed by atoms with van der Waals surface area (Å²) < 4.78 is 12.1. The number of carbonyl (C=O) groups excluding carboxylic acids is 1. The first-order valence-corrected chi connectivity index (χ1v) is 7.65. The molecule has 3 rings (SSSR count). The van der Waals surface area contributed by atoms with Gasteiger partial charge >= 0.3 is 0 Å². The quantitative estimate of drug-likeness (QED) is 0.934. The van der Waals surface area contributed by atoms with Gasteiger partial charge in [0, 0.05) is 5.02 Å². The van der Waals surface area contributed by atoms with Crippen molar-refractivity contribution in [1.82, 2.24) is 9.78 Å². The number of nitrogens with zero attached hydrogens (tertiary/aromatic N) is 2. The zero-order valence-corrected chi connectivity index (χ0v) is 13.3. The van der Waals surface area contributed by atoms with Gasteiger partial charge in [-0.15, -0.1) is 0 Å². The number of hydrogen-bond donors (Lipinski definition) is 1. The number of rotatable bonds is 4. The minimum Gasteiger partial charge on any atom is -0.494 e. The van der Waals surface area contributed by atoms with Gasteiger partial charge in [0.2, 0.25) is 5.76 Å². The number of hydrogen-bond acceptors (Lipinski definition) is 4. The van der Waals surface area contributed by atoms with E-state index in [2.05, 4.69) is 10.4 Å². The van der Waals surface area contributed by atoms with Gasteiger partial charge in [0.05, 0.1) is 23.3 Å². The van der Waals surface area contributed by atoms with Gasteiger partial charge in [0.15, 0.2) is 0 Å². The first-order chi connectivity index (χ1) is 11.2. The molecule has 2 heterocycles. The Hall–Kier alpha value is -2.47. The lowest BCUT2D eigenvalue weighted by Gasteiger charge is -2.15. The van der Waals surface area contributed by atoms with E-state index in [1.807, 2.05) is 25.1 Å². The molecular formula is C16H16ClN3O3. The van der Waals surface area contributed by atoms with Crippen LogP contribution in [0.3, 0.4) is 0 Å². The van der Waals surface area contributed by atoms with Crippen molar-refractivity contribution in [3.8, 4) is 5.69 Å². The SMILES string of the molecule is CCc1c(NC(=O)C2=COCCO2)cnn1-c1cccc(Cl)c1. The van der Waals surface area contributed by atoms with Crippen LogP contribution in [0.5, 0.6) is 0 Å². The highest BCUT2D eigenvalue weighted by Crippen LogP contribution is 2.22. The maximum Gasteiger partial charge on any atom is 0.294 e. The summed E-state index contributed by atoms with van der Waals surface area (Å²) in [6.07, 6.45) is 3.63. The second kappa shape index (κ2) is 6.75. The van der Waals surface area contributed by atoms with Gasteiger partial charge in [-0.2, -0.15) is 5.10 Å². The van der Waals surface area contributed by atoms with Crippen molar-refractivity contribution in [2.75, 3.05) is 18.5 Å². The van der Waals surface area contributed by atoms with Crippen LogP contribution in [-0.2, 0) is 20.7 Å². The summed E-state index contributed by atoms with van der Waals surface area (Å²) in [4.78, 5) is 12.2. The Balaban J connectivity index is 1.86. The fraction of sp³-hybridized carbons (Fsp3) is 0.250. The number of aromatic nitrogens is 2. The molecule has 120 valence electrons. The molecule has 1 aromatic heterocycles. The Morgan fingerprint density at radius 1 is 1.43 bits per heavy atom. The Morgan fingerprint density at radius 2 is 2.30 bits per heavy atom. The topological polar surface area (TPSA) is 65.4 Å². The molecular weight excluding hydrogens is 318 g/mol. The van der Waals surface area contributed by atoms with Crippen molar-refractivity contribution in [1.29, 1.82) is 0 Å². The number of anilines is 1. The average Bonchev–Trinajstić information content (AvgIpc) is 2.98. The van der Waals surface area contributed by atoms with Crippen molar-refractivity contribution < 1.29 is 14.3 Å². The van der Waals surface area contributed by atoms with Crippen molar-refractivity contribution in [3.05, 3.63) is 53.2 Å². The molecule has 23 heavy (non-hydrogen) atoms. The molecule has 0 aliphatic carbocycles. The minimum absolute atomic E-state index is 0.161. The third kappa shape index (κ3) is 3.32. The molecule has 1 aromatic carbocycles. The van der Waals surface area contributed by atoms with Crippen LogP contribution in [0.2, 0.25) is 5.02 Å². The number of carbonyl (C=O) groups is 1. The van der Waals surface area contributed by atoms with Crippen LogP contribution in [0.4, 0.5) is 5.69 Å². The van der Waals surface area contributed by atoms with Crippen LogP contribution in [0.25, 0.3) is 5.69 Å². The average molecular weight is 334 g/mol. The standard InChI is InChI=1S/C16H16ClN3O3/c1-2-14-13(19-16(21)15-10-22-6-7-23-15)9-18-20(14)12-5-3-4-11(17)8-12/h3-5,8-10H,2,6-7H2,1H3,(H,19,21). The normalized spacial score (nSPS) is 13.7. The largest absolute Gasteiger partial charge is 0.494 e. The van der Waals surface area contributed by atoms with E-state index in [-0.39, 0.29) is 11.7 Å². The lowest BCUT2D eigenvalue weighted by Crippen LogP contribution is -2.21. The Morgan fingerprint density at radius 3 is 3.00 bits per heavy atom. The van der Waals surface area contributed by atoms with E-state index in [0.717, 1.165) is 11.4 Å². The van der Waals surface area contributed by atoms with Crippen LogP contribution >= 0.6 is 11.6 Å². The second-order valence-electron chi connectivity index (χ2n) is 4.91. The van der Waals surface area contributed by atoms with Gasteiger partial charge < -0.3 is 14.8 Å². The van der Waals surface area contributed by atoms with Crippen LogP contribution in [0, 0.1) is 0 Å². The van der Waals surface area contributed by atoms with E-state index < -0.39 is 0 Å². The summed E-state index contributed by atoms with van der Waals surface area (Å²) >= 11 is 6.03. The zero-order valence-electron chi connectivity index (χ0n) is 12.6. The molecule has 1 aliphatic rings. The number of nitrogens with one attached hydrogen (secondary N) is 1. The summed E-state index contributed by atoms with van der Waals surface area (Å²) in [5.74, 6) is -0.196. The predicted octanol–water partition coefficient (Wildman–Crippen LogP) is 2.91. The second-order valence-corrected chi connectivity index (χ2v) is 5.34. The van der Waals surface area contributed by atoms with Gasteiger partial charge in [-0.25, -0.2) is 4.68 Å². The van der Waals surface area contributed by atoms with Crippen LogP contribution in [-0.4, -0.2) is 28.9 Å². The summed E-state index contributed by atoms with van der Waals surface area (Å²) in [5.41, 5.74) is 2.34. The van der Waals surface area contributed by atoms with Crippen molar-refractivity contribution in [2.24, 2.45) is 0 Å². The maximum atomic E-state index is 12.2. The van der Waals surface area contributed by atoms with Crippen molar-refractivity contribution in [3.63, 3.8) is 0 Å². The molecule has 1 amide bonds. The Kier molecular flexibility index (Phi) is 4.52. The van der Waals surface area contributed by atoms with E-state index >= 15 is 0 Å². The summed E-state index contributed by atoms with van der Waals surface area (Å²) in [7, 11) is 0. The van der Waals surface area contributed by atoms with E-state index in [4.69, 9.17) is 21.1 Å². The molecule has 0 fully saturated rings. The maximum absolute atomic E-state index is 12.2. The monoisotopic (exact) mass is 333 g/mol. The van der Waals surface area contributed by atoms with Crippen LogP contribution in [0.1, 0.15) is 12.6 Å². The van der Waals surface area contributed by atoms with Crippen molar-refractivity contribution >= 4 is 23.2 Å². The third-order valence-electron chi connectivity index (χ3n) is 3.38. The zero-order chi connectivity index (χ0) is 16.2. The van der Waals surface area contributed by atoms with Gasteiger partial charge in [0.25, 0.3) is 5.91 Å². The molecule has 0 radical (unpaired) electrons. The van der Waals surface area contributed by atoms with E-state index in [1.54, 1.807) is 16.9 Å². The smallest absolute Gasteiger partial charge is 0.294 e. The first kappa shape index (κ1) is 15.4. The van der Waals surface area contributed by atoms with Gasteiger partial charge in [-0.3, -0.25) is 4.79 Å².